The Balaban J connectivity index is 3.90. The minimum Gasteiger partial charge on any atom is -0.385 e. The molecule has 0 rings (SSSR count). The predicted octanol–water partition coefficient (Wildman–Crippen LogP) is 1.64. The van der Waals surface area contributed by atoms with Gasteiger partial charge in [-0.05, 0) is 30.8 Å². The Morgan fingerprint density at radius 3 is 1.96 bits per heavy atom. The number of nitrogens with zero attached hydrogens (tertiary/aromatic N) is 2. The van der Waals surface area contributed by atoms with Crippen molar-refractivity contribution in [2.24, 2.45) is 44.2 Å². The molecule has 0 aromatic heterocycles. The van der Waals surface area contributed by atoms with Gasteiger partial charge in [0.1, 0.15) is 11.7 Å². The lowest BCUT2D eigenvalue weighted by Crippen LogP contribution is -2.37. The second kappa shape index (κ2) is 11.7. The highest BCUT2D eigenvalue weighted by Gasteiger charge is 2.26. The lowest BCUT2D eigenvalue weighted by atomic mass is 9.83. The third kappa shape index (κ3) is 8.34. The summed E-state index contributed by atoms with van der Waals surface area (Å²) < 4.78 is 0. The molecule has 0 heterocycles. The lowest BCUT2D eigenvalue weighted by Gasteiger charge is -2.27. The van der Waals surface area contributed by atoms with Crippen molar-refractivity contribution in [3.8, 4) is 0 Å². The first kappa shape index (κ1) is 23.2. The molecule has 0 saturated carbocycles. The van der Waals surface area contributed by atoms with Gasteiger partial charge in [0.05, 0.1) is 0 Å². The molecule has 0 bridgehead atoms. The molecule has 142 valence electrons. The van der Waals surface area contributed by atoms with Gasteiger partial charge < -0.3 is 17.3 Å². The monoisotopic (exact) mass is 377 g/mol. The quantitative estimate of drug-likeness (QED) is 0.108. The van der Waals surface area contributed by atoms with Crippen LogP contribution < -0.4 is 28.7 Å². The van der Waals surface area contributed by atoms with Crippen molar-refractivity contribution in [1.29, 1.82) is 0 Å². The maximum Gasteiger partial charge on any atom is 0.127 e. The van der Waals surface area contributed by atoms with E-state index in [1.165, 1.54) is 0 Å². The Bertz CT molecular complexity index is 413. The molecule has 0 aliphatic heterocycles. The normalized spacial score (nSPS) is 16.0. The molecule has 24 heavy (non-hydrogen) atoms. The molecule has 0 spiro atoms. The fraction of sp³-hybridized carbons (Fsp3) is 0.867. The fourth-order valence-electron chi connectivity index (χ4n) is 1.94. The summed E-state index contributed by atoms with van der Waals surface area (Å²) in [6.45, 7) is 8.39. The van der Waals surface area contributed by atoms with Crippen LogP contribution in [0.15, 0.2) is 10.2 Å². The van der Waals surface area contributed by atoms with Gasteiger partial charge in [0, 0.05) is 22.3 Å². The highest BCUT2D eigenvalue weighted by Crippen LogP contribution is 2.28. The van der Waals surface area contributed by atoms with Gasteiger partial charge in [-0.3, -0.25) is 0 Å². The van der Waals surface area contributed by atoms with Gasteiger partial charge >= 0.3 is 0 Å². The SMILES string of the molecule is CCC(C)(CCSCCSCCC(C)(C)/C(N)=N/N)/C(N)=N/NN. The van der Waals surface area contributed by atoms with Gasteiger partial charge in [-0.15, -0.1) is 0 Å². The van der Waals surface area contributed by atoms with Crippen molar-refractivity contribution in [1.82, 2.24) is 5.53 Å². The summed E-state index contributed by atoms with van der Waals surface area (Å²) in [5.74, 6) is 15.9. The van der Waals surface area contributed by atoms with Crippen LogP contribution in [-0.2, 0) is 0 Å². The van der Waals surface area contributed by atoms with Gasteiger partial charge in [0.2, 0.25) is 0 Å². The first-order valence-corrected chi connectivity index (χ1v) is 10.5. The van der Waals surface area contributed by atoms with Crippen LogP contribution in [0.4, 0.5) is 0 Å². The number of hydrazine groups is 1. The summed E-state index contributed by atoms with van der Waals surface area (Å²) in [6.07, 6.45) is 2.91. The summed E-state index contributed by atoms with van der Waals surface area (Å²) >= 11 is 3.89. The van der Waals surface area contributed by atoms with E-state index >= 15 is 0 Å². The van der Waals surface area contributed by atoms with Crippen LogP contribution in [0.25, 0.3) is 0 Å². The highest BCUT2D eigenvalue weighted by atomic mass is 32.2. The molecule has 0 aliphatic carbocycles. The Labute approximate surface area is 155 Å². The maximum atomic E-state index is 6.00. The Morgan fingerprint density at radius 2 is 1.50 bits per heavy atom. The number of rotatable bonds is 13. The summed E-state index contributed by atoms with van der Waals surface area (Å²) in [7, 11) is 0. The number of thioether (sulfide) groups is 2. The molecule has 7 nitrogen and oxygen atoms in total. The van der Waals surface area contributed by atoms with E-state index in [0.29, 0.717) is 11.7 Å². The Kier molecular flexibility index (Phi) is 11.3. The smallest absolute Gasteiger partial charge is 0.127 e. The molecular formula is C15H35N7S2. The second-order valence-electron chi connectivity index (χ2n) is 6.66. The first-order valence-electron chi connectivity index (χ1n) is 8.22. The Morgan fingerprint density at radius 1 is 0.958 bits per heavy atom. The van der Waals surface area contributed by atoms with Crippen LogP contribution >= 0.6 is 23.5 Å². The van der Waals surface area contributed by atoms with E-state index < -0.39 is 0 Å². The number of nitrogens with two attached hydrogens (primary N) is 4. The third-order valence-electron chi connectivity index (χ3n) is 4.46. The second-order valence-corrected chi connectivity index (χ2v) is 9.11. The summed E-state index contributed by atoms with van der Waals surface area (Å²) in [5, 5.41) is 7.54. The zero-order chi connectivity index (χ0) is 18.6. The van der Waals surface area contributed by atoms with Gasteiger partial charge in [0.15, 0.2) is 0 Å². The average molecular weight is 378 g/mol. The molecule has 1 atom stereocenters. The number of nitrogens with one attached hydrogen (secondary N) is 1. The standard InChI is InChI=1S/C15H35N7S2/c1-5-15(4,13(17)21-22-19)7-9-24-11-10-23-8-6-14(2,3)12(16)20-18/h22H,5-11,18-19H2,1-4H3,(H2,16,20)(H2,17,21). The molecule has 0 amide bonds. The van der Waals surface area contributed by atoms with Gasteiger partial charge in [-0.25, -0.2) is 11.4 Å². The van der Waals surface area contributed by atoms with Crippen molar-refractivity contribution < 1.29 is 0 Å². The van der Waals surface area contributed by atoms with Gasteiger partial charge in [0.25, 0.3) is 0 Å². The lowest BCUT2D eigenvalue weighted by molar-refractivity contribution is 0.429. The third-order valence-corrected chi connectivity index (χ3v) is 6.69. The van der Waals surface area contributed by atoms with Crippen LogP contribution in [0.1, 0.15) is 47.0 Å². The molecule has 9 N–H and O–H groups in total. The Hall–Kier alpha value is -0.800. The van der Waals surface area contributed by atoms with E-state index in [2.05, 4.69) is 43.4 Å². The topological polar surface area (TPSA) is 141 Å². The molecule has 0 fully saturated rings. The largest absolute Gasteiger partial charge is 0.385 e. The maximum absolute atomic E-state index is 6.00. The number of hydrazone groups is 2. The number of amidine groups is 2. The van der Waals surface area contributed by atoms with Gasteiger partial charge in [-0.1, -0.05) is 27.7 Å². The molecule has 0 radical (unpaired) electrons. The molecule has 0 saturated heterocycles. The molecule has 0 aromatic rings. The fourth-order valence-corrected chi connectivity index (χ4v) is 4.54. The first-order chi connectivity index (χ1) is 11.2. The van der Waals surface area contributed by atoms with E-state index in [9.17, 15) is 0 Å². The van der Waals surface area contributed by atoms with Crippen LogP contribution in [0.5, 0.6) is 0 Å². The number of hydrogen-bond acceptors (Lipinski definition) is 7. The van der Waals surface area contributed by atoms with E-state index in [-0.39, 0.29) is 10.8 Å². The molecule has 9 heteroatoms. The van der Waals surface area contributed by atoms with Crippen molar-refractivity contribution in [2.45, 2.75) is 47.0 Å². The summed E-state index contributed by atoms with van der Waals surface area (Å²) in [6, 6.07) is 0. The summed E-state index contributed by atoms with van der Waals surface area (Å²) in [4.78, 5) is 0. The minimum atomic E-state index is -0.133. The van der Waals surface area contributed by atoms with E-state index in [0.717, 1.165) is 42.3 Å². The molecule has 0 aliphatic rings. The van der Waals surface area contributed by atoms with E-state index in [1.807, 2.05) is 23.5 Å². The zero-order valence-electron chi connectivity index (χ0n) is 15.5. The van der Waals surface area contributed by atoms with Crippen LogP contribution in [0.3, 0.4) is 0 Å². The zero-order valence-corrected chi connectivity index (χ0v) is 17.1. The van der Waals surface area contributed by atoms with E-state index in [4.69, 9.17) is 23.2 Å². The van der Waals surface area contributed by atoms with E-state index in [1.54, 1.807) is 0 Å². The molecule has 1 unspecified atom stereocenters. The average Bonchev–Trinajstić information content (AvgIpc) is 2.56. The minimum absolute atomic E-state index is 0.102. The predicted molar refractivity (Wildman–Crippen MR) is 111 cm³/mol. The van der Waals surface area contributed by atoms with Crippen LogP contribution in [-0.4, -0.2) is 34.7 Å². The highest BCUT2D eigenvalue weighted by molar-refractivity contribution is 8.02. The van der Waals surface area contributed by atoms with Crippen LogP contribution in [0, 0.1) is 10.8 Å². The van der Waals surface area contributed by atoms with Crippen molar-refractivity contribution in [3.05, 3.63) is 0 Å². The van der Waals surface area contributed by atoms with Crippen molar-refractivity contribution in [3.63, 3.8) is 0 Å². The molecule has 0 aromatic carbocycles. The molecular weight excluding hydrogens is 342 g/mol. The van der Waals surface area contributed by atoms with Gasteiger partial charge in [-0.2, -0.15) is 33.7 Å². The summed E-state index contributed by atoms with van der Waals surface area (Å²) in [5.41, 5.74) is 13.9. The number of hydrogen-bond donors (Lipinski definition) is 5. The van der Waals surface area contributed by atoms with Crippen molar-refractivity contribution in [2.75, 3.05) is 23.0 Å². The van der Waals surface area contributed by atoms with Crippen LogP contribution in [0.2, 0.25) is 0 Å². The van der Waals surface area contributed by atoms with Crippen molar-refractivity contribution >= 4 is 35.2 Å².